The molecule has 5 heteroatoms. The van der Waals surface area contributed by atoms with Gasteiger partial charge in [0.2, 0.25) is 5.89 Å². The van der Waals surface area contributed by atoms with Crippen molar-refractivity contribution in [2.24, 2.45) is 0 Å². The number of carbonyl (C=O) groups is 1. The molecule has 110 valence electrons. The zero-order chi connectivity index (χ0) is 15.1. The maximum Gasteiger partial charge on any atom is 0.360 e. The van der Waals surface area contributed by atoms with E-state index >= 15 is 0 Å². The number of benzene rings is 1. The van der Waals surface area contributed by atoms with Crippen LogP contribution in [0.25, 0.3) is 12.2 Å². The summed E-state index contributed by atoms with van der Waals surface area (Å²) in [7, 11) is 1.66. The number of rotatable bonds is 6. The first kappa shape index (κ1) is 15.0. The van der Waals surface area contributed by atoms with E-state index in [9.17, 15) is 4.79 Å². The third-order valence-electron chi connectivity index (χ3n) is 2.69. The Morgan fingerprint density at radius 3 is 3.00 bits per heavy atom. The smallest absolute Gasteiger partial charge is 0.360 e. The average molecular weight is 287 g/mol. The number of esters is 1. The lowest BCUT2D eigenvalue weighted by Gasteiger charge is -2.00. The van der Waals surface area contributed by atoms with Crippen LogP contribution < -0.4 is 0 Å². The molecule has 0 saturated carbocycles. The normalized spacial score (nSPS) is 11.0. The van der Waals surface area contributed by atoms with Crippen molar-refractivity contribution < 1.29 is 18.7 Å². The highest BCUT2D eigenvalue weighted by molar-refractivity contribution is 5.87. The van der Waals surface area contributed by atoms with Gasteiger partial charge < -0.3 is 13.9 Å². The third kappa shape index (κ3) is 4.29. The summed E-state index contributed by atoms with van der Waals surface area (Å²) >= 11 is 0. The van der Waals surface area contributed by atoms with E-state index in [2.05, 4.69) is 4.98 Å². The number of ether oxygens (including phenoxy) is 2. The highest BCUT2D eigenvalue weighted by Crippen LogP contribution is 2.11. The summed E-state index contributed by atoms with van der Waals surface area (Å²) in [6.45, 7) is 2.61. The minimum absolute atomic E-state index is 0.171. The number of nitrogens with zero attached hydrogens (tertiary/aromatic N) is 1. The maximum atomic E-state index is 11.5. The second kappa shape index (κ2) is 7.40. The molecule has 0 fully saturated rings. The van der Waals surface area contributed by atoms with Gasteiger partial charge in [-0.25, -0.2) is 9.78 Å². The Morgan fingerprint density at radius 1 is 1.38 bits per heavy atom. The van der Waals surface area contributed by atoms with Crippen LogP contribution in [0.2, 0.25) is 0 Å². The lowest BCUT2D eigenvalue weighted by Crippen LogP contribution is -2.04. The van der Waals surface area contributed by atoms with E-state index in [0.29, 0.717) is 19.1 Å². The number of carbonyl (C=O) groups excluding carboxylic acids is 1. The van der Waals surface area contributed by atoms with Crippen LogP contribution in [0.15, 0.2) is 34.9 Å². The van der Waals surface area contributed by atoms with Gasteiger partial charge in [-0.05, 0) is 30.2 Å². The maximum absolute atomic E-state index is 11.5. The van der Waals surface area contributed by atoms with Crippen molar-refractivity contribution >= 4 is 18.1 Å². The summed E-state index contributed by atoms with van der Waals surface area (Å²) in [6, 6.07) is 7.92. The van der Waals surface area contributed by atoms with Gasteiger partial charge in [0.25, 0.3) is 0 Å². The van der Waals surface area contributed by atoms with Crippen molar-refractivity contribution in [1.29, 1.82) is 0 Å². The van der Waals surface area contributed by atoms with Crippen LogP contribution in [0.5, 0.6) is 0 Å². The van der Waals surface area contributed by atoms with Crippen molar-refractivity contribution in [3.05, 3.63) is 53.2 Å². The van der Waals surface area contributed by atoms with Crippen LogP contribution in [0.1, 0.15) is 34.4 Å². The first-order valence-corrected chi connectivity index (χ1v) is 6.61. The van der Waals surface area contributed by atoms with Gasteiger partial charge in [0.15, 0.2) is 5.69 Å². The number of hydrogen-bond acceptors (Lipinski definition) is 5. The van der Waals surface area contributed by atoms with E-state index in [0.717, 1.165) is 11.1 Å². The summed E-state index contributed by atoms with van der Waals surface area (Å²) < 4.78 is 15.1. The van der Waals surface area contributed by atoms with Gasteiger partial charge in [-0.15, -0.1) is 0 Å². The highest BCUT2D eigenvalue weighted by Gasteiger charge is 2.11. The van der Waals surface area contributed by atoms with Crippen LogP contribution in [0.3, 0.4) is 0 Å². The summed E-state index contributed by atoms with van der Waals surface area (Å²) in [5, 5.41) is 0. The second-order valence-electron chi connectivity index (χ2n) is 4.30. The van der Waals surface area contributed by atoms with Gasteiger partial charge in [0.05, 0.1) is 13.2 Å². The molecule has 0 aliphatic rings. The largest absolute Gasteiger partial charge is 0.461 e. The molecular weight excluding hydrogens is 270 g/mol. The minimum Gasteiger partial charge on any atom is -0.461 e. The van der Waals surface area contributed by atoms with Gasteiger partial charge in [-0.2, -0.15) is 0 Å². The minimum atomic E-state index is -0.483. The van der Waals surface area contributed by atoms with Crippen LogP contribution >= 0.6 is 0 Å². The fraction of sp³-hybridized carbons (Fsp3) is 0.250. The van der Waals surface area contributed by atoms with E-state index in [1.807, 2.05) is 30.3 Å². The monoisotopic (exact) mass is 287 g/mol. The molecule has 21 heavy (non-hydrogen) atoms. The first-order chi connectivity index (χ1) is 10.2. The molecule has 0 aliphatic carbocycles. The zero-order valence-electron chi connectivity index (χ0n) is 12.0. The molecule has 0 amide bonds. The highest BCUT2D eigenvalue weighted by atomic mass is 16.5. The predicted molar refractivity (Wildman–Crippen MR) is 78.5 cm³/mol. The van der Waals surface area contributed by atoms with E-state index in [-0.39, 0.29) is 5.69 Å². The quantitative estimate of drug-likeness (QED) is 0.764. The van der Waals surface area contributed by atoms with Crippen molar-refractivity contribution in [3.63, 3.8) is 0 Å². The number of oxazole rings is 1. The molecule has 0 aliphatic heterocycles. The summed E-state index contributed by atoms with van der Waals surface area (Å²) in [5.74, 6) is -0.127. The topological polar surface area (TPSA) is 61.6 Å². The average Bonchev–Trinajstić information content (AvgIpc) is 2.95. The van der Waals surface area contributed by atoms with Crippen molar-refractivity contribution in [2.75, 3.05) is 13.7 Å². The Balaban J connectivity index is 2.07. The SMILES string of the molecule is CCOC(=O)c1coc(/C=C/c2cccc(COC)c2)n1. The van der Waals surface area contributed by atoms with Crippen LogP contribution in [0, 0.1) is 0 Å². The summed E-state index contributed by atoms with van der Waals surface area (Å²) in [5.41, 5.74) is 2.25. The molecule has 0 unspecified atom stereocenters. The molecule has 1 aromatic carbocycles. The van der Waals surface area contributed by atoms with E-state index in [1.165, 1.54) is 6.26 Å². The lowest BCUT2D eigenvalue weighted by atomic mass is 10.1. The molecule has 1 aromatic heterocycles. The Bertz CT molecular complexity index is 631. The van der Waals surface area contributed by atoms with Gasteiger partial charge in [-0.3, -0.25) is 0 Å². The number of aromatic nitrogens is 1. The number of methoxy groups -OCH3 is 1. The fourth-order valence-corrected chi connectivity index (χ4v) is 1.78. The molecule has 2 rings (SSSR count). The van der Waals surface area contributed by atoms with Crippen LogP contribution in [-0.4, -0.2) is 24.7 Å². The predicted octanol–water partition coefficient (Wildman–Crippen LogP) is 3.17. The third-order valence-corrected chi connectivity index (χ3v) is 2.69. The first-order valence-electron chi connectivity index (χ1n) is 6.61. The second-order valence-corrected chi connectivity index (χ2v) is 4.30. The van der Waals surface area contributed by atoms with E-state index in [1.54, 1.807) is 20.1 Å². The zero-order valence-corrected chi connectivity index (χ0v) is 12.0. The summed E-state index contributed by atoms with van der Waals surface area (Å²) in [4.78, 5) is 15.5. The van der Waals surface area contributed by atoms with Crippen LogP contribution in [0.4, 0.5) is 0 Å². The van der Waals surface area contributed by atoms with E-state index < -0.39 is 5.97 Å². The Kier molecular flexibility index (Phi) is 5.29. The van der Waals surface area contributed by atoms with Gasteiger partial charge in [-0.1, -0.05) is 18.2 Å². The molecule has 0 radical (unpaired) electrons. The molecule has 0 saturated heterocycles. The molecule has 2 aromatic rings. The Hall–Kier alpha value is -2.40. The molecule has 0 bridgehead atoms. The van der Waals surface area contributed by atoms with Crippen molar-refractivity contribution in [2.45, 2.75) is 13.5 Å². The fourth-order valence-electron chi connectivity index (χ4n) is 1.78. The standard InChI is InChI=1S/C16H17NO4/c1-3-20-16(18)14-11-21-15(17-14)8-7-12-5-4-6-13(9-12)10-19-2/h4-9,11H,3,10H2,1-2H3/b8-7+. The molecule has 1 heterocycles. The van der Waals surface area contributed by atoms with Gasteiger partial charge >= 0.3 is 5.97 Å². The Labute approximate surface area is 123 Å². The molecular formula is C16H17NO4. The molecule has 0 atom stereocenters. The molecule has 0 spiro atoms. The number of hydrogen-bond donors (Lipinski definition) is 0. The molecule has 5 nitrogen and oxygen atoms in total. The summed E-state index contributed by atoms with van der Waals surface area (Å²) in [6.07, 6.45) is 4.85. The van der Waals surface area contributed by atoms with Gasteiger partial charge in [0.1, 0.15) is 6.26 Å². The van der Waals surface area contributed by atoms with Crippen LogP contribution in [-0.2, 0) is 16.1 Å². The Morgan fingerprint density at radius 2 is 2.24 bits per heavy atom. The van der Waals surface area contributed by atoms with Crippen molar-refractivity contribution in [1.82, 2.24) is 4.98 Å². The van der Waals surface area contributed by atoms with Gasteiger partial charge in [0, 0.05) is 13.2 Å². The van der Waals surface area contributed by atoms with E-state index in [4.69, 9.17) is 13.9 Å². The van der Waals surface area contributed by atoms with Crippen molar-refractivity contribution in [3.8, 4) is 0 Å². The lowest BCUT2D eigenvalue weighted by molar-refractivity contribution is 0.0519. The molecule has 0 N–H and O–H groups in total.